The summed E-state index contributed by atoms with van der Waals surface area (Å²) in [5.74, 6) is 0. The third kappa shape index (κ3) is 24.3. The summed E-state index contributed by atoms with van der Waals surface area (Å²) in [5, 5.41) is 5.50. The number of aryl methyl sites for hydroxylation is 7. The predicted molar refractivity (Wildman–Crippen MR) is 463 cm³/mol. The molecule has 5 N–H and O–H groups in total. The maximum Gasteiger partial charge on any atom is 0.0482 e. The molecule has 0 saturated carbocycles. The second kappa shape index (κ2) is 40.6. The van der Waals surface area contributed by atoms with E-state index in [1.165, 1.54) is 46.1 Å². The largest absolute Gasteiger partial charge is 0.399 e. The summed E-state index contributed by atoms with van der Waals surface area (Å²) in [7, 11) is 0. The molecule has 0 aliphatic rings. The molecule has 12 heteroatoms. The van der Waals surface area contributed by atoms with Crippen LogP contribution in [0.25, 0.3) is 6.08 Å². The van der Waals surface area contributed by atoms with Gasteiger partial charge in [0.2, 0.25) is 0 Å². The molecular formula is C89H88Br2FI2N7. The average molecular weight is 1690 g/mol. The number of hydrogen-bond donors (Lipinski definition) is 3. The molecule has 0 saturated heterocycles. The van der Waals surface area contributed by atoms with Gasteiger partial charge in [-0.25, -0.2) is 0 Å². The smallest absolute Gasteiger partial charge is 0.0482 e. The van der Waals surface area contributed by atoms with Crippen molar-refractivity contribution < 1.29 is 4.70 Å². The summed E-state index contributed by atoms with van der Waals surface area (Å²) < 4.78 is 4.76. The molecule has 0 fully saturated rings. The van der Waals surface area contributed by atoms with Gasteiger partial charge in [-0.05, 0) is 327 Å². The van der Waals surface area contributed by atoms with Crippen LogP contribution in [0.3, 0.4) is 0 Å². The van der Waals surface area contributed by atoms with Gasteiger partial charge in [0.05, 0.1) is 0 Å². The Bertz CT molecular complexity index is 4370. The highest BCUT2D eigenvalue weighted by Gasteiger charge is 2.20. The van der Waals surface area contributed by atoms with Crippen molar-refractivity contribution in [1.29, 1.82) is 5.41 Å². The lowest BCUT2D eigenvalue weighted by molar-refractivity contribution is 1.11. The van der Waals surface area contributed by atoms with Crippen LogP contribution in [-0.2, 0) is 0 Å². The maximum atomic E-state index is 5.50. The molecule has 0 amide bonds. The van der Waals surface area contributed by atoms with Gasteiger partial charge in [-0.1, -0.05) is 185 Å². The van der Waals surface area contributed by atoms with Crippen LogP contribution in [0.15, 0.2) is 331 Å². The van der Waals surface area contributed by atoms with Gasteiger partial charge in [-0.15, -0.1) is 0 Å². The van der Waals surface area contributed by atoms with Crippen molar-refractivity contribution in [1.82, 2.24) is 0 Å². The lowest BCUT2D eigenvalue weighted by Crippen LogP contribution is -2.13. The quantitative estimate of drug-likeness (QED) is 0.0606. The van der Waals surface area contributed by atoms with E-state index in [1.807, 2.05) is 24.3 Å². The number of benzene rings is 13. The van der Waals surface area contributed by atoms with Gasteiger partial charge in [0, 0.05) is 95.7 Å². The molecule has 0 atom stereocenters. The fraction of sp³-hybridized carbons (Fsp3) is 0.0899. The average Bonchev–Trinajstić information content (AvgIpc) is 0.792. The van der Waals surface area contributed by atoms with Crippen molar-refractivity contribution in [2.24, 2.45) is 0 Å². The zero-order valence-electron chi connectivity index (χ0n) is 57.4. The molecule has 7 nitrogen and oxygen atoms in total. The van der Waals surface area contributed by atoms with Crippen molar-refractivity contribution in [2.45, 2.75) is 55.9 Å². The van der Waals surface area contributed by atoms with Crippen molar-refractivity contribution >= 4 is 169 Å². The number of hydrogen-bond acceptors (Lipinski definition) is 7. The minimum Gasteiger partial charge on any atom is -0.399 e. The highest BCUT2D eigenvalue weighted by molar-refractivity contribution is 14.1. The van der Waals surface area contributed by atoms with E-state index in [4.69, 9.17) is 16.9 Å². The van der Waals surface area contributed by atoms with Gasteiger partial charge in [0.15, 0.2) is 0 Å². The van der Waals surface area contributed by atoms with E-state index in [-0.39, 0.29) is 12.1 Å². The topological polar surface area (TPSA) is 88.8 Å². The molecule has 101 heavy (non-hydrogen) atoms. The number of nitrogens with zero attached hydrogens (tertiary/aromatic N) is 4. The zero-order chi connectivity index (χ0) is 70.8. The third-order valence-electron chi connectivity index (χ3n) is 15.4. The SMILES string of the molecule is Brc1cccc(I)c1.C.C=Cc1cccc(N(c2cccc(C)c2)c2cccc(N(c3cccc(C)c3)c3cccc(C)c3)c2)c1.C=N.Cc1cccc(I)c1.Cc1cccc(N(c2cccc(C)c2)c2cccc(N(c3cccc(C)c3)c3cccc(Br)c3)c2)c1.F.Nc1cccc(N)c1. The van der Waals surface area contributed by atoms with E-state index in [0.29, 0.717) is 11.4 Å². The van der Waals surface area contributed by atoms with Crippen LogP contribution in [0.2, 0.25) is 0 Å². The Morgan fingerprint density at radius 1 is 0.287 bits per heavy atom. The molecule has 514 valence electrons. The Morgan fingerprint density at radius 3 is 0.733 bits per heavy atom. The number of nitrogen functional groups attached to an aromatic ring is 2. The lowest BCUT2D eigenvalue weighted by atomic mass is 10.1. The number of nitrogens with two attached hydrogens (primary N) is 2. The number of rotatable bonds is 13. The summed E-state index contributed by atoms with van der Waals surface area (Å²) in [6.07, 6.45) is 1.89. The molecular weight excluding hydrogens is 1600 g/mol. The Balaban J connectivity index is 0.000000231. The molecule has 13 aromatic rings. The van der Waals surface area contributed by atoms with Gasteiger partial charge in [-0.2, -0.15) is 0 Å². The first-order valence-electron chi connectivity index (χ1n) is 32.2. The Kier molecular flexibility index (Phi) is 32.3. The molecule has 0 aliphatic heterocycles. The van der Waals surface area contributed by atoms with Gasteiger partial charge >= 0.3 is 0 Å². The highest BCUT2D eigenvalue weighted by atomic mass is 127. The first-order valence-corrected chi connectivity index (χ1v) is 36.0. The van der Waals surface area contributed by atoms with Gasteiger partial charge < -0.3 is 36.5 Å². The minimum atomic E-state index is 0. The monoisotopic (exact) mass is 1690 g/mol. The molecule has 0 heterocycles. The normalized spacial score (nSPS) is 9.97. The van der Waals surface area contributed by atoms with Crippen LogP contribution < -0.4 is 31.1 Å². The molecule has 0 aromatic heterocycles. The van der Waals surface area contributed by atoms with Crippen LogP contribution in [0.4, 0.5) is 84.3 Å². The van der Waals surface area contributed by atoms with Crippen LogP contribution >= 0.6 is 77.0 Å². The predicted octanol–water partition coefficient (Wildman–Crippen LogP) is 28.1. The molecule has 0 aliphatic carbocycles. The summed E-state index contributed by atoms with van der Waals surface area (Å²) >= 11 is 11.6. The first-order chi connectivity index (χ1) is 47.8. The van der Waals surface area contributed by atoms with Gasteiger partial charge in [-0.3, -0.25) is 4.70 Å². The van der Waals surface area contributed by atoms with E-state index < -0.39 is 0 Å². The first kappa shape index (κ1) is 80.4. The summed E-state index contributed by atoms with van der Waals surface area (Å²) in [6, 6.07) is 110. The summed E-state index contributed by atoms with van der Waals surface area (Å²) in [5.41, 5.74) is 35.4. The Hall–Kier alpha value is -9.58. The number of anilines is 14. The van der Waals surface area contributed by atoms with Crippen LogP contribution in [0, 0.1) is 61.0 Å². The van der Waals surface area contributed by atoms with E-state index >= 15 is 0 Å². The van der Waals surface area contributed by atoms with Gasteiger partial charge in [0.1, 0.15) is 0 Å². The van der Waals surface area contributed by atoms with Crippen LogP contribution in [-0.4, -0.2) is 6.72 Å². The Labute approximate surface area is 643 Å². The lowest BCUT2D eigenvalue weighted by Gasteiger charge is -2.30. The fourth-order valence-corrected chi connectivity index (χ4v) is 13.4. The highest BCUT2D eigenvalue weighted by Crippen LogP contribution is 2.44. The van der Waals surface area contributed by atoms with E-state index in [2.05, 4.69) is 437 Å². The van der Waals surface area contributed by atoms with Gasteiger partial charge in [0.25, 0.3) is 0 Å². The number of halogens is 5. The van der Waals surface area contributed by atoms with Crippen molar-refractivity contribution in [2.75, 3.05) is 31.1 Å². The van der Waals surface area contributed by atoms with Crippen molar-refractivity contribution in [3.63, 3.8) is 0 Å². The zero-order valence-corrected chi connectivity index (χ0v) is 64.9. The fourth-order valence-electron chi connectivity index (χ4n) is 11.0. The molecule has 13 aromatic carbocycles. The van der Waals surface area contributed by atoms with Crippen molar-refractivity contribution in [3.05, 3.63) is 383 Å². The summed E-state index contributed by atoms with van der Waals surface area (Å²) in [4.78, 5) is 9.29. The van der Waals surface area contributed by atoms with E-state index in [1.54, 1.807) is 18.2 Å². The maximum absolute atomic E-state index is 5.50. The van der Waals surface area contributed by atoms with Crippen molar-refractivity contribution in [3.8, 4) is 0 Å². The second-order valence-corrected chi connectivity index (χ2v) is 27.9. The molecule has 0 spiro atoms. The van der Waals surface area contributed by atoms with Crippen LogP contribution in [0.5, 0.6) is 0 Å². The molecule has 13 rings (SSSR count). The summed E-state index contributed by atoms with van der Waals surface area (Å²) in [6.45, 7) is 21.4. The Morgan fingerprint density at radius 2 is 0.505 bits per heavy atom. The minimum absolute atomic E-state index is 0. The standard InChI is InChI=1S/C35H32N2.C33H29BrN2.C7H7I.C6H4BrI.C6H8N2.CH3N.CH4.FH/c1-5-29-14-9-18-33(24-29)37(32-17-8-13-28(4)23-32)35-20-10-19-34(25-35)36(30-15-6-11-26(2)21-30)31-16-7-12-27(3)22-31;1-24-9-4-13-28(19-24)35(29-14-5-10-25(2)20-29)32-17-8-18-33(23-32)36(30-15-6-11-26(3)21-30)31-16-7-12-27(34)22-31;1-6-3-2-4-7(8)5-6;2*7-5-2-1-3-6(8)4-5;1-2;;/h5-25H,1H2,2-4H3;4-23H,1-3H3;2-5H,1H3;1-4H;1-4H,7-8H2;2H,1H2;1H4;1H. The molecule has 0 radical (unpaired) electrons. The van der Waals surface area contributed by atoms with Crippen LogP contribution in [0.1, 0.15) is 51.9 Å². The number of nitrogens with one attached hydrogen (secondary N) is 1. The van der Waals surface area contributed by atoms with E-state index in [0.717, 1.165) is 82.8 Å². The third-order valence-corrected chi connectivity index (χ3v) is 17.7. The molecule has 0 bridgehead atoms. The molecule has 0 unspecified atom stereocenters. The second-order valence-electron chi connectivity index (χ2n) is 23.6. The van der Waals surface area contributed by atoms with E-state index in [9.17, 15) is 0 Å².